The Kier molecular flexibility index (Phi) is 4.52. The lowest BCUT2D eigenvalue weighted by atomic mass is 9.97. The summed E-state index contributed by atoms with van der Waals surface area (Å²) in [6, 6.07) is 9.50. The first kappa shape index (κ1) is 13.5. The van der Waals surface area contributed by atoms with Crippen LogP contribution in [0, 0.1) is 5.92 Å². The molecule has 2 N–H and O–H groups in total. The lowest BCUT2D eigenvalue weighted by Crippen LogP contribution is -2.46. The van der Waals surface area contributed by atoms with E-state index in [2.05, 4.69) is 0 Å². The van der Waals surface area contributed by atoms with E-state index in [-0.39, 0.29) is 30.9 Å². The molecule has 1 atom stereocenters. The highest BCUT2D eigenvalue weighted by Gasteiger charge is 2.29. The normalized spacial score (nSPS) is 19.3. The number of ether oxygens (including phenoxy) is 1. The van der Waals surface area contributed by atoms with E-state index in [1.54, 1.807) is 4.90 Å². The molecule has 1 amide bonds. The number of amides is 1. The van der Waals surface area contributed by atoms with Crippen LogP contribution in [0.5, 0.6) is 0 Å². The summed E-state index contributed by atoms with van der Waals surface area (Å²) in [5.41, 5.74) is 6.47. The molecule has 19 heavy (non-hydrogen) atoms. The average Bonchev–Trinajstić information content (AvgIpc) is 2.46. The molecule has 0 radical (unpaired) electrons. The third-order valence-corrected chi connectivity index (χ3v) is 3.27. The van der Waals surface area contributed by atoms with Crippen molar-refractivity contribution >= 4 is 11.9 Å². The predicted octanol–water partition coefficient (Wildman–Crippen LogP) is 1.17. The van der Waals surface area contributed by atoms with Crippen molar-refractivity contribution in [3.8, 4) is 0 Å². The van der Waals surface area contributed by atoms with Crippen LogP contribution in [0.15, 0.2) is 30.3 Å². The standard InChI is InChI=1S/C14H18N2O3/c15-8-12-9-16(7-6-13(12)17)14(18)19-10-11-4-2-1-3-5-11/h1-5,12H,6-10,15H2. The molecule has 1 aromatic rings. The third-order valence-electron chi connectivity index (χ3n) is 3.27. The van der Waals surface area contributed by atoms with Gasteiger partial charge in [-0.15, -0.1) is 0 Å². The van der Waals surface area contributed by atoms with Crippen LogP contribution in [-0.4, -0.2) is 36.4 Å². The van der Waals surface area contributed by atoms with E-state index in [1.165, 1.54) is 0 Å². The molecular formula is C14H18N2O3. The minimum atomic E-state index is -0.380. The van der Waals surface area contributed by atoms with E-state index in [1.807, 2.05) is 30.3 Å². The Morgan fingerprint density at radius 2 is 2.11 bits per heavy atom. The Morgan fingerprint density at radius 3 is 2.79 bits per heavy atom. The molecule has 0 aliphatic carbocycles. The molecule has 1 fully saturated rings. The zero-order valence-electron chi connectivity index (χ0n) is 10.7. The van der Waals surface area contributed by atoms with Crippen molar-refractivity contribution < 1.29 is 14.3 Å². The molecule has 1 saturated heterocycles. The fraction of sp³-hybridized carbons (Fsp3) is 0.429. The van der Waals surface area contributed by atoms with Gasteiger partial charge in [0, 0.05) is 32.0 Å². The Labute approximate surface area is 112 Å². The van der Waals surface area contributed by atoms with Crippen molar-refractivity contribution in [2.45, 2.75) is 13.0 Å². The summed E-state index contributed by atoms with van der Waals surface area (Å²) >= 11 is 0. The van der Waals surface area contributed by atoms with Gasteiger partial charge in [-0.3, -0.25) is 4.79 Å². The number of likely N-dealkylation sites (tertiary alicyclic amines) is 1. The van der Waals surface area contributed by atoms with Gasteiger partial charge in [-0.25, -0.2) is 4.79 Å². The summed E-state index contributed by atoms with van der Waals surface area (Å²) in [4.78, 5) is 25.0. The fourth-order valence-electron chi connectivity index (χ4n) is 2.09. The second kappa shape index (κ2) is 6.33. The average molecular weight is 262 g/mol. The second-order valence-corrected chi connectivity index (χ2v) is 4.64. The van der Waals surface area contributed by atoms with Crippen molar-refractivity contribution in [2.24, 2.45) is 11.7 Å². The lowest BCUT2D eigenvalue weighted by molar-refractivity contribution is -0.125. The summed E-state index contributed by atoms with van der Waals surface area (Å²) in [6.07, 6.45) is -0.0164. The molecule has 0 saturated carbocycles. The van der Waals surface area contributed by atoms with Crippen LogP contribution >= 0.6 is 0 Å². The van der Waals surface area contributed by atoms with Crippen molar-refractivity contribution in [1.29, 1.82) is 0 Å². The van der Waals surface area contributed by atoms with Crippen molar-refractivity contribution in [3.63, 3.8) is 0 Å². The number of hydrogen-bond acceptors (Lipinski definition) is 4. The molecule has 1 heterocycles. The largest absolute Gasteiger partial charge is 0.445 e. The van der Waals surface area contributed by atoms with Crippen molar-refractivity contribution in [1.82, 2.24) is 4.90 Å². The lowest BCUT2D eigenvalue weighted by Gasteiger charge is -2.30. The minimum Gasteiger partial charge on any atom is -0.445 e. The SMILES string of the molecule is NCC1CN(C(=O)OCc2ccccc2)CCC1=O. The Balaban J connectivity index is 1.85. The first-order chi connectivity index (χ1) is 9.20. The summed E-state index contributed by atoms with van der Waals surface area (Å²) < 4.78 is 5.23. The van der Waals surface area contributed by atoms with E-state index >= 15 is 0 Å². The molecule has 1 aliphatic rings. The van der Waals surface area contributed by atoms with Crippen LogP contribution in [0.2, 0.25) is 0 Å². The number of hydrogen-bond donors (Lipinski definition) is 1. The summed E-state index contributed by atoms with van der Waals surface area (Å²) in [5, 5.41) is 0. The van der Waals surface area contributed by atoms with Gasteiger partial charge in [0.1, 0.15) is 12.4 Å². The molecule has 102 valence electrons. The third kappa shape index (κ3) is 3.54. The Hall–Kier alpha value is -1.88. The monoisotopic (exact) mass is 262 g/mol. The number of benzene rings is 1. The number of nitrogens with two attached hydrogens (primary N) is 1. The molecule has 0 aromatic heterocycles. The van der Waals surface area contributed by atoms with Gasteiger partial charge in [-0.2, -0.15) is 0 Å². The van der Waals surface area contributed by atoms with E-state index in [0.717, 1.165) is 5.56 Å². The first-order valence-corrected chi connectivity index (χ1v) is 6.39. The Morgan fingerprint density at radius 1 is 1.37 bits per heavy atom. The van der Waals surface area contributed by atoms with Gasteiger partial charge >= 0.3 is 6.09 Å². The van der Waals surface area contributed by atoms with Gasteiger partial charge in [0.05, 0.1) is 0 Å². The number of carbonyl (C=O) groups is 2. The maximum Gasteiger partial charge on any atom is 0.410 e. The highest BCUT2D eigenvalue weighted by atomic mass is 16.6. The highest BCUT2D eigenvalue weighted by molar-refractivity contribution is 5.84. The number of ketones is 1. The van der Waals surface area contributed by atoms with Crippen molar-refractivity contribution in [3.05, 3.63) is 35.9 Å². The van der Waals surface area contributed by atoms with Crippen LogP contribution in [0.4, 0.5) is 4.79 Å². The first-order valence-electron chi connectivity index (χ1n) is 6.39. The molecule has 1 aliphatic heterocycles. The van der Waals surface area contributed by atoms with Gasteiger partial charge in [0.2, 0.25) is 0 Å². The number of carbonyl (C=O) groups excluding carboxylic acids is 2. The van der Waals surface area contributed by atoms with E-state index in [9.17, 15) is 9.59 Å². The quantitative estimate of drug-likeness (QED) is 0.887. The number of Topliss-reactive ketones (excluding diaryl/α,β-unsaturated/α-hetero) is 1. The topological polar surface area (TPSA) is 72.6 Å². The van der Waals surface area contributed by atoms with Crippen LogP contribution in [-0.2, 0) is 16.1 Å². The van der Waals surface area contributed by atoms with Crippen LogP contribution in [0.3, 0.4) is 0 Å². The summed E-state index contributed by atoms with van der Waals surface area (Å²) in [5.74, 6) is -0.118. The Bertz CT molecular complexity index is 447. The van der Waals surface area contributed by atoms with E-state index in [0.29, 0.717) is 19.5 Å². The van der Waals surface area contributed by atoms with Gasteiger partial charge in [0.15, 0.2) is 0 Å². The van der Waals surface area contributed by atoms with Gasteiger partial charge in [-0.1, -0.05) is 30.3 Å². The smallest absolute Gasteiger partial charge is 0.410 e. The van der Waals surface area contributed by atoms with Gasteiger partial charge < -0.3 is 15.4 Å². The number of nitrogens with zero attached hydrogens (tertiary/aromatic N) is 1. The maximum absolute atomic E-state index is 11.9. The van der Waals surface area contributed by atoms with Crippen LogP contribution in [0.25, 0.3) is 0 Å². The van der Waals surface area contributed by atoms with Crippen LogP contribution in [0.1, 0.15) is 12.0 Å². The maximum atomic E-state index is 11.9. The number of piperidine rings is 1. The minimum absolute atomic E-state index is 0.134. The molecular weight excluding hydrogens is 244 g/mol. The second-order valence-electron chi connectivity index (χ2n) is 4.64. The van der Waals surface area contributed by atoms with Gasteiger partial charge in [0.25, 0.3) is 0 Å². The molecule has 0 spiro atoms. The zero-order valence-corrected chi connectivity index (χ0v) is 10.7. The fourth-order valence-corrected chi connectivity index (χ4v) is 2.09. The predicted molar refractivity (Wildman–Crippen MR) is 70.4 cm³/mol. The molecule has 5 nitrogen and oxygen atoms in total. The molecule has 0 bridgehead atoms. The summed E-state index contributed by atoms with van der Waals surface area (Å²) in [6.45, 7) is 1.31. The van der Waals surface area contributed by atoms with Gasteiger partial charge in [-0.05, 0) is 5.56 Å². The molecule has 1 unspecified atom stereocenters. The molecule has 5 heteroatoms. The summed E-state index contributed by atoms with van der Waals surface area (Å²) in [7, 11) is 0. The molecule has 2 rings (SSSR count). The highest BCUT2D eigenvalue weighted by Crippen LogP contribution is 2.13. The van der Waals surface area contributed by atoms with E-state index in [4.69, 9.17) is 10.5 Å². The van der Waals surface area contributed by atoms with Crippen LogP contribution < -0.4 is 5.73 Å². The van der Waals surface area contributed by atoms with E-state index < -0.39 is 0 Å². The van der Waals surface area contributed by atoms with Crippen molar-refractivity contribution in [2.75, 3.05) is 19.6 Å². The zero-order chi connectivity index (χ0) is 13.7. The number of rotatable bonds is 3. The molecule has 1 aromatic carbocycles.